The minimum Gasteiger partial charge on any atom is -0.371 e. The number of hydrogen-bond acceptors (Lipinski definition) is 4. The van der Waals surface area contributed by atoms with Gasteiger partial charge in [0.1, 0.15) is 0 Å². The topological polar surface area (TPSA) is 69.7 Å². The molecule has 3 rings (SSSR count). The van der Waals surface area contributed by atoms with Crippen LogP contribution in [0.5, 0.6) is 0 Å². The van der Waals surface area contributed by atoms with Gasteiger partial charge >= 0.3 is 0 Å². The largest absolute Gasteiger partial charge is 0.371 e. The Hall–Kier alpha value is -1.60. The normalized spacial score (nSPS) is 18.9. The van der Waals surface area contributed by atoms with Crippen molar-refractivity contribution in [2.75, 3.05) is 38.6 Å². The summed E-state index contributed by atoms with van der Waals surface area (Å²) in [4.78, 5) is 15.3. The number of amides is 1. The van der Waals surface area contributed by atoms with E-state index in [1.165, 1.54) is 37.7 Å². The lowest BCUT2D eigenvalue weighted by Crippen LogP contribution is -2.34. The fourth-order valence-electron chi connectivity index (χ4n) is 4.03. The smallest absolute Gasteiger partial charge is 0.253 e. The van der Waals surface area contributed by atoms with Gasteiger partial charge in [-0.3, -0.25) is 4.79 Å². The maximum absolute atomic E-state index is 13.0. The summed E-state index contributed by atoms with van der Waals surface area (Å²) < 4.78 is 26.3. The van der Waals surface area contributed by atoms with Crippen LogP contribution in [0.4, 0.5) is 5.69 Å². The predicted octanol–water partition coefficient (Wildman–Crippen LogP) is 2.85. The lowest BCUT2D eigenvalue weighted by Gasteiger charge is -2.30. The van der Waals surface area contributed by atoms with Gasteiger partial charge in [-0.25, -0.2) is 12.7 Å². The summed E-state index contributed by atoms with van der Waals surface area (Å²) in [6.45, 7) is 2.48. The number of hydrogen-bond donors (Lipinski definition) is 1. The van der Waals surface area contributed by atoms with Gasteiger partial charge in [-0.15, -0.1) is 0 Å². The third kappa shape index (κ3) is 4.63. The average molecular weight is 394 g/mol. The van der Waals surface area contributed by atoms with Crippen LogP contribution in [0.3, 0.4) is 0 Å². The van der Waals surface area contributed by atoms with Gasteiger partial charge in [0.05, 0.1) is 10.5 Å². The van der Waals surface area contributed by atoms with Gasteiger partial charge in [0.2, 0.25) is 10.0 Å². The maximum atomic E-state index is 13.0. The van der Waals surface area contributed by atoms with Crippen LogP contribution in [0.15, 0.2) is 23.1 Å². The van der Waals surface area contributed by atoms with Crippen molar-refractivity contribution in [3.8, 4) is 0 Å². The molecular formula is C20H31N3O3S. The first kappa shape index (κ1) is 20.1. The van der Waals surface area contributed by atoms with Crippen molar-refractivity contribution in [3.63, 3.8) is 0 Å². The summed E-state index contributed by atoms with van der Waals surface area (Å²) in [5.41, 5.74) is 1.31. The van der Waals surface area contributed by atoms with Crippen molar-refractivity contribution < 1.29 is 13.2 Å². The maximum Gasteiger partial charge on any atom is 0.253 e. The monoisotopic (exact) mass is 393 g/mol. The van der Waals surface area contributed by atoms with E-state index in [1.807, 2.05) is 0 Å². The molecule has 1 aromatic rings. The van der Waals surface area contributed by atoms with Gasteiger partial charge in [-0.1, -0.05) is 12.8 Å². The molecule has 0 atom stereocenters. The van der Waals surface area contributed by atoms with Crippen LogP contribution in [0.2, 0.25) is 0 Å². The number of nitrogens with zero attached hydrogens (tertiary/aromatic N) is 2. The van der Waals surface area contributed by atoms with Crippen molar-refractivity contribution in [1.82, 2.24) is 9.62 Å². The summed E-state index contributed by atoms with van der Waals surface area (Å²) in [5, 5.41) is 3.05. The first-order valence-electron chi connectivity index (χ1n) is 9.99. The van der Waals surface area contributed by atoms with E-state index in [1.54, 1.807) is 18.2 Å². The fraction of sp³-hybridized carbons (Fsp3) is 0.650. The van der Waals surface area contributed by atoms with Gasteiger partial charge in [-0.2, -0.15) is 0 Å². The van der Waals surface area contributed by atoms with Crippen molar-refractivity contribution in [2.45, 2.75) is 49.8 Å². The molecule has 1 aliphatic carbocycles. The van der Waals surface area contributed by atoms with E-state index in [0.717, 1.165) is 44.5 Å². The molecule has 1 aromatic carbocycles. The summed E-state index contributed by atoms with van der Waals surface area (Å²) in [5.74, 6) is 0.374. The van der Waals surface area contributed by atoms with Gasteiger partial charge < -0.3 is 10.2 Å². The molecule has 1 saturated carbocycles. The Bertz CT molecular complexity index is 765. The quantitative estimate of drug-likeness (QED) is 0.807. The molecule has 27 heavy (non-hydrogen) atoms. The van der Waals surface area contributed by atoms with Gasteiger partial charge in [0.25, 0.3) is 5.91 Å². The molecule has 1 aliphatic heterocycles. The second-order valence-electron chi connectivity index (χ2n) is 7.87. The minimum absolute atomic E-state index is 0.166. The lowest BCUT2D eigenvalue weighted by molar-refractivity contribution is 0.0947. The molecule has 0 radical (unpaired) electrons. The van der Waals surface area contributed by atoms with E-state index in [-0.39, 0.29) is 10.8 Å². The zero-order valence-corrected chi connectivity index (χ0v) is 17.2. The highest BCUT2D eigenvalue weighted by Crippen LogP contribution is 2.28. The van der Waals surface area contributed by atoms with E-state index < -0.39 is 10.0 Å². The Labute approximate surface area is 163 Å². The standard InChI is InChI=1S/C20H31N3O3S/c1-22(2)27(25,26)17-10-11-19(23-12-6-3-7-13-23)18(14-17)20(24)21-15-16-8-4-5-9-16/h10-11,14,16H,3-9,12-13,15H2,1-2H3,(H,21,24). The number of nitrogens with one attached hydrogen (secondary N) is 1. The second-order valence-corrected chi connectivity index (χ2v) is 10.0. The van der Waals surface area contributed by atoms with E-state index >= 15 is 0 Å². The number of carbonyl (C=O) groups is 1. The molecule has 6 nitrogen and oxygen atoms in total. The van der Waals surface area contributed by atoms with Crippen LogP contribution in [0.1, 0.15) is 55.3 Å². The molecule has 1 N–H and O–H groups in total. The Balaban J connectivity index is 1.89. The predicted molar refractivity (Wildman–Crippen MR) is 108 cm³/mol. The van der Waals surface area contributed by atoms with E-state index in [4.69, 9.17) is 0 Å². The number of anilines is 1. The molecule has 2 fully saturated rings. The molecule has 0 unspecified atom stereocenters. The lowest BCUT2D eigenvalue weighted by atomic mass is 10.1. The molecule has 1 amide bonds. The van der Waals surface area contributed by atoms with E-state index in [0.29, 0.717) is 18.0 Å². The molecule has 0 spiro atoms. The van der Waals surface area contributed by atoms with Crippen molar-refractivity contribution in [1.29, 1.82) is 0 Å². The summed E-state index contributed by atoms with van der Waals surface area (Å²) in [6, 6.07) is 4.96. The van der Waals surface area contributed by atoms with Crippen molar-refractivity contribution in [3.05, 3.63) is 23.8 Å². The second kappa shape index (κ2) is 8.61. The van der Waals surface area contributed by atoms with Crippen LogP contribution in [0.25, 0.3) is 0 Å². The van der Waals surface area contributed by atoms with Gasteiger partial charge in [0, 0.05) is 39.4 Å². The van der Waals surface area contributed by atoms with Crippen LogP contribution in [0, 0.1) is 5.92 Å². The third-order valence-corrected chi connectivity index (χ3v) is 7.53. The highest BCUT2D eigenvalue weighted by molar-refractivity contribution is 7.89. The molecule has 0 bridgehead atoms. The SMILES string of the molecule is CN(C)S(=O)(=O)c1ccc(N2CCCCC2)c(C(=O)NCC2CCCC2)c1. The molecule has 1 saturated heterocycles. The Morgan fingerprint density at radius 2 is 1.78 bits per heavy atom. The zero-order valence-electron chi connectivity index (χ0n) is 16.4. The average Bonchev–Trinajstić information content (AvgIpc) is 3.20. The molecular weight excluding hydrogens is 362 g/mol. The van der Waals surface area contributed by atoms with Crippen molar-refractivity contribution >= 4 is 21.6 Å². The number of rotatable bonds is 6. The first-order chi connectivity index (χ1) is 12.9. The fourth-order valence-corrected chi connectivity index (χ4v) is 4.95. The molecule has 0 aromatic heterocycles. The molecule has 1 heterocycles. The third-order valence-electron chi connectivity index (χ3n) is 5.71. The summed E-state index contributed by atoms with van der Waals surface area (Å²) in [6.07, 6.45) is 8.18. The van der Waals surface area contributed by atoms with Crippen LogP contribution in [-0.2, 0) is 10.0 Å². The van der Waals surface area contributed by atoms with Crippen LogP contribution in [-0.4, -0.2) is 52.4 Å². The minimum atomic E-state index is -3.58. The van der Waals surface area contributed by atoms with E-state index in [2.05, 4.69) is 10.2 Å². The summed E-state index contributed by atoms with van der Waals surface area (Å²) in [7, 11) is -0.561. The molecule has 150 valence electrons. The van der Waals surface area contributed by atoms with Gasteiger partial charge in [0.15, 0.2) is 0 Å². The molecule has 2 aliphatic rings. The highest BCUT2D eigenvalue weighted by Gasteiger charge is 2.25. The number of benzene rings is 1. The van der Waals surface area contributed by atoms with Crippen LogP contribution >= 0.6 is 0 Å². The Morgan fingerprint density at radius 1 is 1.11 bits per heavy atom. The zero-order chi connectivity index (χ0) is 19.4. The van der Waals surface area contributed by atoms with E-state index in [9.17, 15) is 13.2 Å². The Kier molecular flexibility index (Phi) is 6.42. The first-order valence-corrected chi connectivity index (χ1v) is 11.4. The molecule has 7 heteroatoms. The number of carbonyl (C=O) groups excluding carboxylic acids is 1. The van der Waals surface area contributed by atoms with Crippen molar-refractivity contribution in [2.24, 2.45) is 5.92 Å². The Morgan fingerprint density at radius 3 is 2.41 bits per heavy atom. The summed E-state index contributed by atoms with van der Waals surface area (Å²) >= 11 is 0. The highest BCUT2D eigenvalue weighted by atomic mass is 32.2. The van der Waals surface area contributed by atoms with Crippen LogP contribution < -0.4 is 10.2 Å². The van der Waals surface area contributed by atoms with Gasteiger partial charge in [-0.05, 0) is 56.2 Å². The number of sulfonamides is 1. The number of piperidine rings is 1.